The van der Waals surface area contributed by atoms with Gasteiger partial charge in [-0.15, -0.1) is 11.3 Å². The summed E-state index contributed by atoms with van der Waals surface area (Å²) in [6, 6.07) is 5.60. The van der Waals surface area contributed by atoms with Gasteiger partial charge in [0.25, 0.3) is 0 Å². The molecule has 120 valence electrons. The molecule has 0 spiro atoms. The molecule has 0 fully saturated rings. The first-order valence-electron chi connectivity index (χ1n) is 6.95. The molecule has 0 saturated heterocycles. The number of nitrogens with one attached hydrogen (secondary N) is 1. The number of methoxy groups -OCH3 is 2. The van der Waals surface area contributed by atoms with E-state index in [4.69, 9.17) is 21.1 Å². The van der Waals surface area contributed by atoms with Crippen molar-refractivity contribution in [2.75, 3.05) is 19.5 Å². The smallest absolute Gasteiger partial charge is 0.225 e. The van der Waals surface area contributed by atoms with E-state index in [1.54, 1.807) is 25.6 Å². The first kappa shape index (κ1) is 15.8. The summed E-state index contributed by atoms with van der Waals surface area (Å²) in [5.74, 6) is 2.01. The zero-order chi connectivity index (χ0) is 16.6. The minimum absolute atomic E-state index is 0.224. The van der Waals surface area contributed by atoms with Crippen molar-refractivity contribution in [1.29, 1.82) is 0 Å². The van der Waals surface area contributed by atoms with Crippen molar-refractivity contribution < 1.29 is 9.47 Å². The number of aryl methyl sites for hydroxylation is 2. The fourth-order valence-corrected chi connectivity index (χ4v) is 3.61. The number of anilines is 2. The van der Waals surface area contributed by atoms with Crippen LogP contribution in [-0.2, 0) is 0 Å². The number of halogens is 1. The molecule has 2 heterocycles. The monoisotopic (exact) mass is 349 g/mol. The zero-order valence-electron chi connectivity index (χ0n) is 13.2. The Bertz CT molecular complexity index is 879. The summed E-state index contributed by atoms with van der Waals surface area (Å²) in [7, 11) is 3.21. The summed E-state index contributed by atoms with van der Waals surface area (Å²) in [4.78, 5) is 10.7. The SMILES string of the molecule is COc1ccc(Nc2nc(Cl)nc3sc(C)c(C)c23)cc1OC. The van der Waals surface area contributed by atoms with Gasteiger partial charge in [0.1, 0.15) is 10.6 Å². The van der Waals surface area contributed by atoms with E-state index in [1.165, 1.54) is 4.88 Å². The summed E-state index contributed by atoms with van der Waals surface area (Å²) in [6.07, 6.45) is 0. The average Bonchev–Trinajstić information content (AvgIpc) is 2.81. The minimum atomic E-state index is 0.224. The minimum Gasteiger partial charge on any atom is -0.493 e. The molecule has 23 heavy (non-hydrogen) atoms. The molecular formula is C16H16ClN3O2S. The number of benzene rings is 1. The lowest BCUT2D eigenvalue weighted by atomic mass is 10.2. The van der Waals surface area contributed by atoms with Crippen LogP contribution < -0.4 is 14.8 Å². The molecular weight excluding hydrogens is 334 g/mol. The second kappa shape index (κ2) is 6.22. The highest BCUT2D eigenvalue weighted by molar-refractivity contribution is 7.18. The first-order valence-corrected chi connectivity index (χ1v) is 8.15. The molecule has 5 nitrogen and oxygen atoms in total. The van der Waals surface area contributed by atoms with Crippen LogP contribution in [0.25, 0.3) is 10.2 Å². The topological polar surface area (TPSA) is 56.3 Å². The van der Waals surface area contributed by atoms with Gasteiger partial charge in [-0.25, -0.2) is 4.98 Å². The molecule has 0 aliphatic heterocycles. The highest BCUT2D eigenvalue weighted by atomic mass is 35.5. The molecule has 0 amide bonds. The van der Waals surface area contributed by atoms with Gasteiger partial charge in [-0.3, -0.25) is 0 Å². The van der Waals surface area contributed by atoms with Crippen LogP contribution in [0, 0.1) is 13.8 Å². The molecule has 3 aromatic rings. The van der Waals surface area contributed by atoms with Gasteiger partial charge in [0.15, 0.2) is 11.5 Å². The van der Waals surface area contributed by atoms with E-state index < -0.39 is 0 Å². The Labute approximate surface area is 143 Å². The van der Waals surface area contributed by atoms with Crippen LogP contribution in [0.3, 0.4) is 0 Å². The number of rotatable bonds is 4. The number of aromatic nitrogens is 2. The van der Waals surface area contributed by atoms with Gasteiger partial charge in [-0.2, -0.15) is 4.98 Å². The predicted molar refractivity (Wildman–Crippen MR) is 94.7 cm³/mol. The molecule has 0 saturated carbocycles. The van der Waals surface area contributed by atoms with Crippen molar-refractivity contribution >= 4 is 44.7 Å². The van der Waals surface area contributed by atoms with Crippen LogP contribution in [0.1, 0.15) is 10.4 Å². The lowest BCUT2D eigenvalue weighted by Crippen LogP contribution is -1.98. The zero-order valence-corrected chi connectivity index (χ0v) is 14.8. The standard InChI is InChI=1S/C16H16ClN3O2S/c1-8-9(2)23-15-13(8)14(19-16(17)20-15)18-10-5-6-11(21-3)12(7-10)22-4/h5-7H,1-4H3,(H,18,19,20). The molecule has 0 atom stereocenters. The van der Waals surface area contributed by atoms with Gasteiger partial charge in [-0.1, -0.05) is 0 Å². The summed E-state index contributed by atoms with van der Waals surface area (Å²) >= 11 is 7.67. The van der Waals surface area contributed by atoms with Crippen LogP contribution >= 0.6 is 22.9 Å². The third kappa shape index (κ3) is 2.92. The van der Waals surface area contributed by atoms with Gasteiger partial charge in [-0.05, 0) is 43.1 Å². The van der Waals surface area contributed by atoms with Crippen molar-refractivity contribution in [3.63, 3.8) is 0 Å². The van der Waals surface area contributed by atoms with E-state index in [2.05, 4.69) is 29.1 Å². The summed E-state index contributed by atoms with van der Waals surface area (Å²) in [5, 5.41) is 4.52. The van der Waals surface area contributed by atoms with Crippen LogP contribution in [-0.4, -0.2) is 24.2 Å². The van der Waals surface area contributed by atoms with Crippen molar-refractivity contribution in [2.24, 2.45) is 0 Å². The lowest BCUT2D eigenvalue weighted by Gasteiger charge is -2.12. The largest absolute Gasteiger partial charge is 0.493 e. The Hall–Kier alpha value is -2.05. The maximum Gasteiger partial charge on any atom is 0.225 e. The molecule has 0 bridgehead atoms. The number of nitrogens with zero attached hydrogens (tertiary/aromatic N) is 2. The van der Waals surface area contributed by atoms with E-state index in [9.17, 15) is 0 Å². The number of ether oxygens (including phenoxy) is 2. The van der Waals surface area contributed by atoms with Crippen molar-refractivity contribution in [3.8, 4) is 11.5 Å². The van der Waals surface area contributed by atoms with Gasteiger partial charge < -0.3 is 14.8 Å². The van der Waals surface area contributed by atoms with Crippen molar-refractivity contribution in [3.05, 3.63) is 33.9 Å². The van der Waals surface area contributed by atoms with Crippen LogP contribution in [0.15, 0.2) is 18.2 Å². The van der Waals surface area contributed by atoms with Crippen molar-refractivity contribution in [1.82, 2.24) is 9.97 Å². The maximum absolute atomic E-state index is 6.06. The molecule has 0 unspecified atom stereocenters. The highest BCUT2D eigenvalue weighted by Gasteiger charge is 2.15. The van der Waals surface area contributed by atoms with Gasteiger partial charge in [0.05, 0.1) is 19.6 Å². The number of hydrogen-bond acceptors (Lipinski definition) is 6. The molecule has 0 radical (unpaired) electrons. The molecule has 0 aliphatic rings. The van der Waals surface area contributed by atoms with Gasteiger partial charge in [0.2, 0.25) is 5.28 Å². The average molecular weight is 350 g/mol. The molecule has 1 N–H and O–H groups in total. The Morgan fingerprint density at radius 1 is 1.09 bits per heavy atom. The number of thiophene rings is 1. The van der Waals surface area contributed by atoms with E-state index in [0.717, 1.165) is 21.5 Å². The number of hydrogen-bond donors (Lipinski definition) is 1. The molecule has 7 heteroatoms. The number of fused-ring (bicyclic) bond motifs is 1. The Morgan fingerprint density at radius 2 is 1.83 bits per heavy atom. The summed E-state index contributed by atoms with van der Waals surface area (Å²) < 4.78 is 10.6. The molecule has 1 aromatic carbocycles. The second-order valence-electron chi connectivity index (χ2n) is 5.00. The van der Waals surface area contributed by atoms with Gasteiger partial charge in [0, 0.05) is 16.6 Å². The van der Waals surface area contributed by atoms with E-state index in [1.807, 2.05) is 18.2 Å². The first-order chi connectivity index (χ1) is 11.0. The molecule has 3 rings (SSSR count). The van der Waals surface area contributed by atoms with Crippen LogP contribution in [0.2, 0.25) is 5.28 Å². The van der Waals surface area contributed by atoms with Gasteiger partial charge >= 0.3 is 0 Å². The van der Waals surface area contributed by atoms with Crippen molar-refractivity contribution in [2.45, 2.75) is 13.8 Å². The van der Waals surface area contributed by atoms with Crippen LogP contribution in [0.5, 0.6) is 11.5 Å². The fraction of sp³-hybridized carbons (Fsp3) is 0.250. The van der Waals surface area contributed by atoms with E-state index in [-0.39, 0.29) is 5.28 Å². The van der Waals surface area contributed by atoms with E-state index >= 15 is 0 Å². The quantitative estimate of drug-likeness (QED) is 0.690. The summed E-state index contributed by atoms with van der Waals surface area (Å²) in [6.45, 7) is 4.13. The lowest BCUT2D eigenvalue weighted by molar-refractivity contribution is 0.355. The normalized spacial score (nSPS) is 10.8. The Morgan fingerprint density at radius 3 is 2.52 bits per heavy atom. The highest BCUT2D eigenvalue weighted by Crippen LogP contribution is 2.36. The maximum atomic E-state index is 6.06. The van der Waals surface area contributed by atoms with Crippen LogP contribution in [0.4, 0.5) is 11.5 Å². The molecule has 2 aromatic heterocycles. The fourth-order valence-electron chi connectivity index (χ4n) is 2.36. The molecule has 0 aliphatic carbocycles. The summed E-state index contributed by atoms with van der Waals surface area (Å²) in [5.41, 5.74) is 1.99. The second-order valence-corrected chi connectivity index (χ2v) is 6.54. The third-order valence-electron chi connectivity index (χ3n) is 3.65. The predicted octanol–water partition coefficient (Wildman–Crippen LogP) is 4.72. The van der Waals surface area contributed by atoms with E-state index in [0.29, 0.717) is 17.3 Å². The Kier molecular flexibility index (Phi) is 4.28. The Balaban J connectivity index is 2.08. The third-order valence-corrected chi connectivity index (χ3v) is 4.92.